The van der Waals surface area contributed by atoms with Crippen LogP contribution in [0.1, 0.15) is 22.8 Å². The molecule has 7 heteroatoms. The minimum Gasteiger partial charge on any atom is -0.494 e. The van der Waals surface area contributed by atoms with E-state index in [2.05, 4.69) is 27.8 Å². The molecule has 0 spiro atoms. The fourth-order valence-corrected chi connectivity index (χ4v) is 5.18. The maximum absolute atomic E-state index is 13.8. The molecule has 0 unspecified atom stereocenters. The van der Waals surface area contributed by atoms with Gasteiger partial charge in [0, 0.05) is 52.3 Å². The summed E-state index contributed by atoms with van der Waals surface area (Å²) in [7, 11) is 0. The minimum absolute atomic E-state index is 0.0233. The maximum Gasteiger partial charge on any atom is 0.254 e. The third-order valence-electron chi connectivity index (χ3n) is 6.54. The molecular weight excluding hydrogens is 538 g/mol. The lowest BCUT2D eigenvalue weighted by molar-refractivity contribution is 0.0748. The van der Waals surface area contributed by atoms with Crippen molar-refractivity contribution in [1.29, 1.82) is 0 Å². The van der Waals surface area contributed by atoms with Gasteiger partial charge in [-0.3, -0.25) is 4.79 Å². The normalized spacial score (nSPS) is 13.8. The quantitative estimate of drug-likeness (QED) is 0.262. The number of anilines is 1. The average molecular weight is 565 g/mol. The van der Waals surface area contributed by atoms with Crippen LogP contribution in [-0.2, 0) is 0 Å². The van der Waals surface area contributed by atoms with Gasteiger partial charge in [0.1, 0.15) is 5.75 Å². The molecule has 1 saturated heterocycles. The third-order valence-corrected chi connectivity index (χ3v) is 7.27. The Morgan fingerprint density at radius 2 is 1.75 bits per heavy atom. The second-order valence-corrected chi connectivity index (χ2v) is 10.2. The molecule has 0 aliphatic carbocycles. The molecule has 0 saturated carbocycles. The zero-order chi connectivity index (χ0) is 25.2. The van der Waals surface area contributed by atoms with Crippen LogP contribution in [0, 0.1) is 6.92 Å². The number of benzene rings is 3. The van der Waals surface area contributed by atoms with Crippen molar-refractivity contribution in [2.24, 2.45) is 0 Å². The van der Waals surface area contributed by atoms with Gasteiger partial charge in [-0.25, -0.2) is 4.98 Å². The van der Waals surface area contributed by atoms with Crippen molar-refractivity contribution in [3.63, 3.8) is 0 Å². The van der Waals surface area contributed by atoms with E-state index in [4.69, 9.17) is 21.3 Å². The van der Waals surface area contributed by atoms with E-state index in [0.717, 1.165) is 56.2 Å². The molecule has 5 nitrogen and oxygen atoms in total. The van der Waals surface area contributed by atoms with Crippen LogP contribution in [0.2, 0.25) is 5.02 Å². The number of carbonyl (C=O) groups is 1. The summed E-state index contributed by atoms with van der Waals surface area (Å²) < 4.78 is 6.50. The van der Waals surface area contributed by atoms with E-state index in [1.165, 1.54) is 5.56 Å². The van der Waals surface area contributed by atoms with E-state index in [0.29, 0.717) is 25.3 Å². The highest BCUT2D eigenvalue weighted by molar-refractivity contribution is 9.10. The van der Waals surface area contributed by atoms with Crippen LogP contribution >= 0.6 is 27.5 Å². The van der Waals surface area contributed by atoms with Crippen molar-refractivity contribution in [2.75, 3.05) is 37.7 Å². The van der Waals surface area contributed by atoms with Crippen LogP contribution in [0.15, 0.2) is 71.2 Å². The summed E-state index contributed by atoms with van der Waals surface area (Å²) in [5, 5.41) is 1.57. The standard InChI is InChI=1S/C29H27BrClN3O2/c1-3-36-23-9-5-20(6-10-23)27-18-25(24-16-21(30)7-11-26(24)32-27)29(35)34-14-12-33(13-15-34)28-17-22(31)8-4-19(28)2/h4-11,16-18H,3,12-15H2,1-2H3. The highest BCUT2D eigenvalue weighted by Gasteiger charge is 2.25. The van der Waals surface area contributed by atoms with Gasteiger partial charge in [-0.05, 0) is 80.1 Å². The fourth-order valence-electron chi connectivity index (χ4n) is 4.66. The number of carbonyl (C=O) groups excluding carboxylic acids is 1. The first-order valence-corrected chi connectivity index (χ1v) is 13.2. The maximum atomic E-state index is 13.8. The van der Waals surface area contributed by atoms with Crippen LogP contribution < -0.4 is 9.64 Å². The Morgan fingerprint density at radius 1 is 1.00 bits per heavy atom. The van der Waals surface area contributed by atoms with E-state index in [1.54, 1.807) is 0 Å². The van der Waals surface area contributed by atoms with E-state index >= 15 is 0 Å². The molecule has 1 amide bonds. The van der Waals surface area contributed by atoms with Gasteiger partial charge in [0.25, 0.3) is 5.91 Å². The molecule has 1 aliphatic rings. The molecule has 184 valence electrons. The van der Waals surface area contributed by atoms with Crippen LogP contribution in [0.3, 0.4) is 0 Å². The summed E-state index contributed by atoms with van der Waals surface area (Å²) in [6.07, 6.45) is 0. The largest absolute Gasteiger partial charge is 0.494 e. The second-order valence-electron chi connectivity index (χ2n) is 8.88. The molecule has 0 atom stereocenters. The Labute approximate surface area is 224 Å². The lowest BCUT2D eigenvalue weighted by atomic mass is 10.0. The van der Waals surface area contributed by atoms with Gasteiger partial charge >= 0.3 is 0 Å². The predicted molar refractivity (Wildman–Crippen MR) is 150 cm³/mol. The molecule has 0 radical (unpaired) electrons. The first-order valence-electron chi connectivity index (χ1n) is 12.1. The van der Waals surface area contributed by atoms with E-state index in [9.17, 15) is 4.79 Å². The molecule has 2 heterocycles. The van der Waals surface area contributed by atoms with Gasteiger partial charge in [-0.1, -0.05) is 33.6 Å². The summed E-state index contributed by atoms with van der Waals surface area (Å²) >= 11 is 9.81. The fraction of sp³-hybridized carbons (Fsp3) is 0.241. The van der Waals surface area contributed by atoms with Crippen molar-refractivity contribution in [3.8, 4) is 17.0 Å². The molecule has 0 N–H and O–H groups in total. The SMILES string of the molecule is CCOc1ccc(-c2cc(C(=O)N3CCN(c4cc(Cl)ccc4C)CC3)c3cc(Br)ccc3n2)cc1. The number of piperazine rings is 1. The van der Waals surface area contributed by atoms with Crippen LogP contribution in [0.4, 0.5) is 5.69 Å². The first kappa shape index (κ1) is 24.6. The number of halogens is 2. The van der Waals surface area contributed by atoms with Gasteiger partial charge in [-0.2, -0.15) is 0 Å². The highest BCUT2D eigenvalue weighted by Crippen LogP contribution is 2.30. The molecule has 36 heavy (non-hydrogen) atoms. The Hall–Kier alpha value is -3.09. The topological polar surface area (TPSA) is 45.7 Å². The Kier molecular flexibility index (Phi) is 7.17. The number of pyridine rings is 1. The van der Waals surface area contributed by atoms with Gasteiger partial charge in [0.05, 0.1) is 23.4 Å². The molecular formula is C29H27BrClN3O2. The number of nitrogens with zero attached hydrogens (tertiary/aromatic N) is 3. The van der Waals surface area contributed by atoms with Crippen molar-refractivity contribution in [3.05, 3.63) is 87.4 Å². The molecule has 0 bridgehead atoms. The monoisotopic (exact) mass is 563 g/mol. The summed E-state index contributed by atoms with van der Waals surface area (Å²) in [6, 6.07) is 21.6. The Balaban J connectivity index is 1.44. The number of aryl methyl sites for hydroxylation is 1. The molecule has 3 aromatic carbocycles. The molecule has 4 aromatic rings. The summed E-state index contributed by atoms with van der Waals surface area (Å²) in [5.41, 5.74) is 5.48. The molecule has 5 rings (SSSR count). The van der Waals surface area contributed by atoms with Gasteiger partial charge < -0.3 is 14.5 Å². The number of rotatable bonds is 5. The number of hydrogen-bond donors (Lipinski definition) is 0. The molecule has 1 aromatic heterocycles. The van der Waals surface area contributed by atoms with Gasteiger partial charge in [-0.15, -0.1) is 0 Å². The van der Waals surface area contributed by atoms with E-state index in [1.807, 2.05) is 78.6 Å². The molecule has 1 fully saturated rings. The van der Waals surface area contributed by atoms with Crippen molar-refractivity contribution in [1.82, 2.24) is 9.88 Å². The smallest absolute Gasteiger partial charge is 0.254 e. The molecule has 1 aliphatic heterocycles. The minimum atomic E-state index is 0.0233. The number of amides is 1. The highest BCUT2D eigenvalue weighted by atomic mass is 79.9. The second kappa shape index (κ2) is 10.5. The number of ether oxygens (including phenoxy) is 1. The van der Waals surface area contributed by atoms with Gasteiger partial charge in [0.15, 0.2) is 0 Å². The summed E-state index contributed by atoms with van der Waals surface area (Å²) in [4.78, 5) is 22.9. The zero-order valence-corrected chi connectivity index (χ0v) is 22.6. The summed E-state index contributed by atoms with van der Waals surface area (Å²) in [5.74, 6) is 0.838. The average Bonchev–Trinajstić information content (AvgIpc) is 2.90. The van der Waals surface area contributed by atoms with Crippen LogP contribution in [0.25, 0.3) is 22.2 Å². The Morgan fingerprint density at radius 3 is 2.47 bits per heavy atom. The van der Waals surface area contributed by atoms with Crippen LogP contribution in [-0.4, -0.2) is 48.6 Å². The number of aromatic nitrogens is 1. The lowest BCUT2D eigenvalue weighted by Gasteiger charge is -2.37. The van der Waals surface area contributed by atoms with E-state index < -0.39 is 0 Å². The van der Waals surface area contributed by atoms with Gasteiger partial charge in [0.2, 0.25) is 0 Å². The lowest BCUT2D eigenvalue weighted by Crippen LogP contribution is -2.49. The predicted octanol–water partition coefficient (Wildman–Crippen LogP) is 6.99. The number of fused-ring (bicyclic) bond motifs is 1. The van der Waals surface area contributed by atoms with Crippen molar-refractivity contribution >= 4 is 50.0 Å². The Bertz CT molecular complexity index is 1420. The van der Waals surface area contributed by atoms with Crippen molar-refractivity contribution in [2.45, 2.75) is 13.8 Å². The zero-order valence-electron chi connectivity index (χ0n) is 20.3. The third kappa shape index (κ3) is 5.06. The summed E-state index contributed by atoms with van der Waals surface area (Å²) in [6.45, 7) is 7.46. The number of hydrogen-bond acceptors (Lipinski definition) is 4. The van der Waals surface area contributed by atoms with Crippen LogP contribution in [0.5, 0.6) is 5.75 Å². The van der Waals surface area contributed by atoms with Crippen molar-refractivity contribution < 1.29 is 9.53 Å². The van der Waals surface area contributed by atoms with E-state index in [-0.39, 0.29) is 5.91 Å². The first-order chi connectivity index (χ1) is 17.4.